The molecule has 0 aliphatic heterocycles. The minimum absolute atomic E-state index is 0.00648. The zero-order valence-corrected chi connectivity index (χ0v) is 19.8. The van der Waals surface area contributed by atoms with Crippen LogP contribution in [0.5, 0.6) is 11.5 Å². The van der Waals surface area contributed by atoms with Gasteiger partial charge >= 0.3 is 0 Å². The summed E-state index contributed by atoms with van der Waals surface area (Å²) >= 11 is 0. The Kier molecular flexibility index (Phi) is 10.7. The van der Waals surface area contributed by atoms with Crippen LogP contribution in [0.2, 0.25) is 0 Å². The van der Waals surface area contributed by atoms with E-state index in [1.807, 2.05) is 91.0 Å². The minimum atomic E-state index is 0.00648. The van der Waals surface area contributed by atoms with E-state index in [0.717, 1.165) is 48.7 Å². The van der Waals surface area contributed by atoms with Crippen molar-refractivity contribution in [3.63, 3.8) is 0 Å². The molecule has 3 aromatic carbocycles. The van der Waals surface area contributed by atoms with Gasteiger partial charge in [0, 0.05) is 5.56 Å². The third-order valence-electron chi connectivity index (χ3n) is 5.56. The molecule has 0 saturated carbocycles. The first-order chi connectivity index (χ1) is 16.7. The van der Waals surface area contributed by atoms with Crippen LogP contribution in [0, 0.1) is 0 Å². The number of rotatable bonds is 15. The molecule has 0 aliphatic rings. The van der Waals surface area contributed by atoms with Crippen LogP contribution in [0.25, 0.3) is 12.2 Å². The van der Waals surface area contributed by atoms with E-state index < -0.39 is 0 Å². The molecule has 3 aromatic rings. The number of carbonyl (C=O) groups is 1. The molecule has 0 saturated heterocycles. The highest BCUT2D eigenvalue weighted by molar-refractivity contribution is 6.06. The van der Waals surface area contributed by atoms with Crippen molar-refractivity contribution in [1.82, 2.24) is 0 Å². The van der Waals surface area contributed by atoms with E-state index in [1.54, 1.807) is 6.08 Å². The molecule has 0 spiro atoms. The van der Waals surface area contributed by atoms with Crippen molar-refractivity contribution < 1.29 is 14.3 Å². The number of hydrogen-bond donors (Lipinski definition) is 0. The Morgan fingerprint density at radius 2 is 1.15 bits per heavy atom. The first-order valence-electron chi connectivity index (χ1n) is 12.1. The van der Waals surface area contributed by atoms with Gasteiger partial charge in [-0.2, -0.15) is 0 Å². The van der Waals surface area contributed by atoms with E-state index in [0.29, 0.717) is 5.56 Å². The molecule has 0 aliphatic carbocycles. The number of allylic oxidation sites excluding steroid dienone is 1. The Morgan fingerprint density at radius 3 is 1.68 bits per heavy atom. The van der Waals surface area contributed by atoms with Crippen molar-refractivity contribution in [1.29, 1.82) is 0 Å². The molecule has 0 unspecified atom stereocenters. The van der Waals surface area contributed by atoms with Crippen LogP contribution < -0.4 is 9.47 Å². The maximum atomic E-state index is 12.1. The van der Waals surface area contributed by atoms with Crippen LogP contribution in [0.4, 0.5) is 0 Å². The first kappa shape index (κ1) is 25.0. The van der Waals surface area contributed by atoms with E-state index in [4.69, 9.17) is 9.47 Å². The molecule has 0 fully saturated rings. The number of carbonyl (C=O) groups excluding carboxylic acids is 1. The molecule has 3 nitrogen and oxygen atoms in total. The van der Waals surface area contributed by atoms with Crippen molar-refractivity contribution in [2.45, 2.75) is 38.5 Å². The van der Waals surface area contributed by atoms with Crippen molar-refractivity contribution in [3.05, 3.63) is 108 Å². The molecule has 3 heteroatoms. The quantitative estimate of drug-likeness (QED) is 0.132. The van der Waals surface area contributed by atoms with E-state index in [-0.39, 0.29) is 5.78 Å². The van der Waals surface area contributed by atoms with Gasteiger partial charge in [-0.25, -0.2) is 0 Å². The molecule has 0 atom stereocenters. The highest BCUT2D eigenvalue weighted by Gasteiger charge is 2.00. The van der Waals surface area contributed by atoms with Gasteiger partial charge < -0.3 is 9.47 Å². The molecule has 34 heavy (non-hydrogen) atoms. The molecular formula is C31H34O3. The lowest BCUT2D eigenvalue weighted by atomic mass is 10.1. The summed E-state index contributed by atoms with van der Waals surface area (Å²) in [5.41, 5.74) is 2.79. The smallest absolute Gasteiger partial charge is 0.185 e. The maximum Gasteiger partial charge on any atom is 0.185 e. The Bertz CT molecular complexity index is 1020. The molecule has 0 aromatic heterocycles. The standard InChI is InChI=1S/C31H34O3/c1-2-26-14-19-29(20-15-26)33-24-10-5-3-4-6-11-25-34-30-21-16-27(17-22-30)18-23-31(32)28-12-8-7-9-13-28/h2,7-9,12-23H,1,3-6,10-11,24-25H2/b23-18+. The summed E-state index contributed by atoms with van der Waals surface area (Å²) in [6.07, 6.45) is 12.2. The summed E-state index contributed by atoms with van der Waals surface area (Å²) in [5.74, 6) is 1.80. The van der Waals surface area contributed by atoms with Gasteiger partial charge in [0.1, 0.15) is 11.5 Å². The van der Waals surface area contributed by atoms with E-state index in [2.05, 4.69) is 6.58 Å². The van der Waals surface area contributed by atoms with Gasteiger partial charge in [0.2, 0.25) is 0 Å². The van der Waals surface area contributed by atoms with Crippen LogP contribution in [0.1, 0.15) is 60.0 Å². The SMILES string of the molecule is C=Cc1ccc(OCCCCCCCCOc2ccc(/C=C/C(=O)c3ccccc3)cc2)cc1. The summed E-state index contributed by atoms with van der Waals surface area (Å²) < 4.78 is 11.6. The monoisotopic (exact) mass is 454 g/mol. The lowest BCUT2D eigenvalue weighted by Gasteiger charge is -2.07. The minimum Gasteiger partial charge on any atom is -0.494 e. The van der Waals surface area contributed by atoms with Gasteiger partial charge in [-0.15, -0.1) is 0 Å². The Morgan fingerprint density at radius 1 is 0.647 bits per heavy atom. The summed E-state index contributed by atoms with van der Waals surface area (Å²) in [6.45, 7) is 5.25. The van der Waals surface area contributed by atoms with Gasteiger partial charge in [0.25, 0.3) is 0 Å². The van der Waals surface area contributed by atoms with Crippen LogP contribution in [-0.4, -0.2) is 19.0 Å². The Labute approximate surface area is 203 Å². The summed E-state index contributed by atoms with van der Waals surface area (Å²) in [6, 6.07) is 25.2. The van der Waals surface area contributed by atoms with E-state index in [9.17, 15) is 4.79 Å². The average Bonchev–Trinajstić information content (AvgIpc) is 2.90. The fourth-order valence-corrected chi connectivity index (χ4v) is 3.54. The second-order valence-corrected chi connectivity index (χ2v) is 8.22. The molecule has 176 valence electrons. The first-order valence-corrected chi connectivity index (χ1v) is 12.1. The predicted octanol–water partition coefficient (Wildman–Crippen LogP) is 8.02. The van der Waals surface area contributed by atoms with E-state index >= 15 is 0 Å². The number of unbranched alkanes of at least 4 members (excludes halogenated alkanes) is 5. The lowest BCUT2D eigenvalue weighted by Crippen LogP contribution is -1.98. The van der Waals surface area contributed by atoms with Gasteiger partial charge in [-0.3, -0.25) is 4.79 Å². The maximum absolute atomic E-state index is 12.1. The van der Waals surface area contributed by atoms with E-state index in [1.165, 1.54) is 25.7 Å². The molecule has 0 heterocycles. The third-order valence-corrected chi connectivity index (χ3v) is 5.56. The van der Waals surface area contributed by atoms with Gasteiger partial charge in [0.05, 0.1) is 13.2 Å². The fraction of sp³-hybridized carbons (Fsp3) is 0.258. The van der Waals surface area contributed by atoms with Gasteiger partial charge in [0.15, 0.2) is 5.78 Å². The van der Waals surface area contributed by atoms with Crippen LogP contribution in [0.3, 0.4) is 0 Å². The predicted molar refractivity (Wildman–Crippen MR) is 141 cm³/mol. The molecule has 0 radical (unpaired) electrons. The molecule has 0 N–H and O–H groups in total. The molecule has 0 bridgehead atoms. The van der Waals surface area contributed by atoms with Crippen molar-refractivity contribution in [2.75, 3.05) is 13.2 Å². The Balaban J connectivity index is 1.21. The summed E-state index contributed by atoms with van der Waals surface area (Å²) in [7, 11) is 0. The second-order valence-electron chi connectivity index (χ2n) is 8.22. The third kappa shape index (κ3) is 9.11. The van der Waals surface area contributed by atoms with Crippen LogP contribution >= 0.6 is 0 Å². The fourth-order valence-electron chi connectivity index (χ4n) is 3.54. The summed E-state index contributed by atoms with van der Waals surface area (Å²) in [5, 5.41) is 0. The highest BCUT2D eigenvalue weighted by atomic mass is 16.5. The van der Waals surface area contributed by atoms with Crippen molar-refractivity contribution in [3.8, 4) is 11.5 Å². The number of hydrogen-bond acceptors (Lipinski definition) is 3. The Hall–Kier alpha value is -3.59. The topological polar surface area (TPSA) is 35.5 Å². The second kappa shape index (κ2) is 14.5. The zero-order chi connectivity index (χ0) is 23.8. The molecule has 3 rings (SSSR count). The largest absolute Gasteiger partial charge is 0.494 e. The van der Waals surface area contributed by atoms with Gasteiger partial charge in [-0.1, -0.05) is 99.0 Å². The zero-order valence-electron chi connectivity index (χ0n) is 19.8. The normalized spacial score (nSPS) is 10.8. The number of ketones is 1. The van der Waals surface area contributed by atoms with Crippen LogP contribution in [0.15, 0.2) is 91.5 Å². The van der Waals surface area contributed by atoms with Gasteiger partial charge in [-0.05, 0) is 54.3 Å². The molecule has 0 amide bonds. The lowest BCUT2D eigenvalue weighted by molar-refractivity contribution is 0.104. The van der Waals surface area contributed by atoms with Crippen LogP contribution in [-0.2, 0) is 0 Å². The summed E-state index contributed by atoms with van der Waals surface area (Å²) in [4.78, 5) is 12.1. The number of ether oxygens (including phenoxy) is 2. The average molecular weight is 455 g/mol. The number of benzene rings is 3. The highest BCUT2D eigenvalue weighted by Crippen LogP contribution is 2.16. The van der Waals surface area contributed by atoms with Crippen molar-refractivity contribution >= 4 is 17.9 Å². The molecular weight excluding hydrogens is 420 g/mol. The van der Waals surface area contributed by atoms with Crippen molar-refractivity contribution in [2.24, 2.45) is 0 Å².